The van der Waals surface area contributed by atoms with Crippen LogP contribution in [0.5, 0.6) is 0 Å². The fourth-order valence-corrected chi connectivity index (χ4v) is 1.32. The third-order valence-corrected chi connectivity index (χ3v) is 2.22. The van der Waals surface area contributed by atoms with Gasteiger partial charge in [-0.2, -0.15) is 0 Å². The van der Waals surface area contributed by atoms with E-state index in [9.17, 15) is 4.79 Å². The number of benzene rings is 1. The van der Waals surface area contributed by atoms with Crippen molar-refractivity contribution < 1.29 is 19.4 Å². The third-order valence-electron chi connectivity index (χ3n) is 2.22. The Morgan fingerprint density at radius 3 is 2.87 bits per heavy atom. The number of hydrogen-bond acceptors (Lipinski definition) is 4. The maximum atomic E-state index is 10.2. The summed E-state index contributed by atoms with van der Waals surface area (Å²) >= 11 is 0. The molecule has 0 aromatic heterocycles. The van der Waals surface area contributed by atoms with Crippen LogP contribution in [-0.4, -0.2) is 29.9 Å². The maximum absolute atomic E-state index is 10.2. The van der Waals surface area contributed by atoms with Gasteiger partial charge in [-0.15, -0.1) is 0 Å². The number of hydrogen-bond donors (Lipinski definition) is 1. The molecular weight excluding hydrogens is 196 g/mol. The molecule has 15 heavy (non-hydrogen) atoms. The Morgan fingerprint density at radius 2 is 2.20 bits per heavy atom. The predicted molar refractivity (Wildman–Crippen MR) is 52.0 cm³/mol. The molecule has 1 fully saturated rings. The first kappa shape index (κ1) is 10.3. The lowest BCUT2D eigenvalue weighted by Gasteiger charge is -2.00. The van der Waals surface area contributed by atoms with Crippen LogP contribution >= 0.6 is 0 Å². The summed E-state index contributed by atoms with van der Waals surface area (Å²) in [6.45, 7) is 0.424. The normalized spacial score (nSPS) is 25.9. The molecule has 2 rings (SSSR count). The summed E-state index contributed by atoms with van der Waals surface area (Å²) in [7, 11) is 0. The Morgan fingerprint density at radius 1 is 1.47 bits per heavy atom. The lowest BCUT2D eigenvalue weighted by molar-refractivity contribution is -0.115. The molecule has 1 saturated heterocycles. The van der Waals surface area contributed by atoms with Gasteiger partial charge in [-0.3, -0.25) is 0 Å². The molecule has 0 amide bonds. The van der Waals surface area contributed by atoms with Crippen molar-refractivity contribution in [3.05, 3.63) is 35.9 Å². The fourth-order valence-electron chi connectivity index (χ4n) is 1.32. The molecule has 1 aromatic carbocycles. The zero-order chi connectivity index (χ0) is 10.7. The van der Waals surface area contributed by atoms with E-state index in [1.807, 2.05) is 30.3 Å². The summed E-state index contributed by atoms with van der Waals surface area (Å²) in [6.07, 6.45) is -1.57. The van der Waals surface area contributed by atoms with Gasteiger partial charge in [-0.05, 0) is 5.56 Å². The van der Waals surface area contributed by atoms with Gasteiger partial charge in [-0.1, -0.05) is 30.3 Å². The summed E-state index contributed by atoms with van der Waals surface area (Å²) in [5.74, 6) is 0. The molecule has 2 unspecified atom stereocenters. The van der Waals surface area contributed by atoms with Gasteiger partial charge in [0.25, 0.3) is 0 Å². The Bertz CT molecular complexity index is 325. The van der Waals surface area contributed by atoms with Crippen molar-refractivity contribution in [2.24, 2.45) is 0 Å². The second-order valence-corrected chi connectivity index (χ2v) is 3.39. The minimum atomic E-state index is -1.08. The average Bonchev–Trinajstić information content (AvgIpc) is 3.06. The third kappa shape index (κ3) is 2.62. The van der Waals surface area contributed by atoms with Crippen LogP contribution in [0.3, 0.4) is 0 Å². The fraction of sp³-hybridized carbons (Fsp3) is 0.364. The summed E-state index contributed by atoms with van der Waals surface area (Å²) in [5, 5.41) is 9.09. The Kier molecular flexibility index (Phi) is 3.11. The van der Waals surface area contributed by atoms with E-state index >= 15 is 0 Å². The first-order valence-electron chi connectivity index (χ1n) is 4.75. The van der Waals surface area contributed by atoms with Crippen LogP contribution in [0.1, 0.15) is 5.56 Å². The van der Waals surface area contributed by atoms with Gasteiger partial charge in [0.2, 0.25) is 0 Å². The number of rotatable bonds is 5. The molecule has 0 bridgehead atoms. The minimum absolute atomic E-state index is 0.424. The monoisotopic (exact) mass is 208 g/mol. The molecule has 4 nitrogen and oxygen atoms in total. The molecule has 0 saturated carbocycles. The predicted octanol–water partition coefficient (Wildman–Crippen LogP) is 0.488. The second kappa shape index (κ2) is 4.53. The first-order chi connectivity index (χ1) is 7.31. The van der Waals surface area contributed by atoms with Gasteiger partial charge < -0.3 is 19.4 Å². The van der Waals surface area contributed by atoms with Crippen molar-refractivity contribution in [3.8, 4) is 0 Å². The van der Waals surface area contributed by atoms with Gasteiger partial charge in [0.15, 0.2) is 12.6 Å². The number of aldehydes is 1. The molecular formula is C11H12O4. The number of epoxide rings is 1. The quantitative estimate of drug-likeness (QED) is 0.565. The summed E-state index contributed by atoms with van der Waals surface area (Å²) < 4.78 is 10.3. The van der Waals surface area contributed by atoms with Crippen molar-refractivity contribution in [2.45, 2.75) is 25.1 Å². The Labute approximate surface area is 87.4 Å². The summed E-state index contributed by atoms with van der Waals surface area (Å²) in [5.41, 5.74) is 1.03. The number of carbonyl (C=O) groups is 1. The zero-order valence-electron chi connectivity index (χ0n) is 8.08. The first-order valence-corrected chi connectivity index (χ1v) is 4.75. The molecule has 1 aliphatic heterocycles. The van der Waals surface area contributed by atoms with Gasteiger partial charge in [0.05, 0.1) is 6.61 Å². The van der Waals surface area contributed by atoms with Crippen molar-refractivity contribution in [1.29, 1.82) is 0 Å². The lowest BCUT2D eigenvalue weighted by Crippen LogP contribution is -2.19. The van der Waals surface area contributed by atoms with Crippen molar-refractivity contribution in [3.63, 3.8) is 0 Å². The topological polar surface area (TPSA) is 59.1 Å². The molecule has 1 aliphatic rings. The molecule has 1 heterocycles. The van der Waals surface area contributed by atoms with Crippen LogP contribution in [0.4, 0.5) is 0 Å². The molecule has 0 radical (unpaired) electrons. The summed E-state index contributed by atoms with van der Waals surface area (Å²) in [4.78, 5) is 10.2. The standard InChI is InChI=1S/C11H12O4/c12-6-9(13)10-11(15-10)14-7-8-4-2-1-3-5-8/h1-6,9-11,13H,7H2/t9-,10?,11?/m1/s1. The minimum Gasteiger partial charge on any atom is -0.383 e. The van der Waals surface area contributed by atoms with E-state index in [2.05, 4.69) is 0 Å². The van der Waals surface area contributed by atoms with E-state index in [1.165, 1.54) is 0 Å². The molecule has 0 spiro atoms. The largest absolute Gasteiger partial charge is 0.383 e. The van der Waals surface area contributed by atoms with E-state index in [0.717, 1.165) is 5.56 Å². The maximum Gasteiger partial charge on any atom is 0.187 e. The molecule has 4 heteroatoms. The number of carbonyl (C=O) groups excluding carboxylic acids is 1. The van der Waals surface area contributed by atoms with Crippen molar-refractivity contribution in [1.82, 2.24) is 0 Å². The zero-order valence-corrected chi connectivity index (χ0v) is 8.08. The van der Waals surface area contributed by atoms with E-state index in [1.54, 1.807) is 0 Å². The van der Waals surface area contributed by atoms with Crippen LogP contribution in [0.15, 0.2) is 30.3 Å². The Hall–Kier alpha value is -1.23. The number of ether oxygens (including phenoxy) is 2. The van der Waals surface area contributed by atoms with Crippen molar-refractivity contribution >= 4 is 6.29 Å². The second-order valence-electron chi connectivity index (χ2n) is 3.39. The van der Waals surface area contributed by atoms with Gasteiger partial charge >= 0.3 is 0 Å². The highest BCUT2D eigenvalue weighted by atomic mass is 16.8. The molecule has 3 atom stereocenters. The number of aliphatic hydroxyl groups excluding tert-OH is 1. The van der Waals surface area contributed by atoms with E-state index in [0.29, 0.717) is 12.9 Å². The average molecular weight is 208 g/mol. The highest BCUT2D eigenvalue weighted by Gasteiger charge is 2.45. The van der Waals surface area contributed by atoms with Crippen LogP contribution in [0, 0.1) is 0 Å². The van der Waals surface area contributed by atoms with Gasteiger partial charge in [0, 0.05) is 0 Å². The molecule has 1 aromatic rings. The van der Waals surface area contributed by atoms with Crippen molar-refractivity contribution in [2.75, 3.05) is 0 Å². The SMILES string of the molecule is O=C[C@@H](O)C1OC1OCc1ccccc1. The lowest BCUT2D eigenvalue weighted by atomic mass is 10.2. The van der Waals surface area contributed by atoms with Gasteiger partial charge in [0.1, 0.15) is 12.2 Å². The number of aliphatic hydroxyl groups is 1. The summed E-state index contributed by atoms with van der Waals surface area (Å²) in [6, 6.07) is 9.64. The van der Waals surface area contributed by atoms with E-state index in [4.69, 9.17) is 14.6 Å². The van der Waals surface area contributed by atoms with Crippen LogP contribution in [0.25, 0.3) is 0 Å². The highest BCUT2D eigenvalue weighted by Crippen LogP contribution is 2.26. The molecule has 0 aliphatic carbocycles. The van der Waals surface area contributed by atoms with Crippen LogP contribution in [-0.2, 0) is 20.9 Å². The Balaban J connectivity index is 1.75. The molecule has 80 valence electrons. The molecule has 1 N–H and O–H groups in total. The highest BCUT2D eigenvalue weighted by molar-refractivity contribution is 5.57. The van der Waals surface area contributed by atoms with Crippen LogP contribution < -0.4 is 0 Å². The van der Waals surface area contributed by atoms with E-state index < -0.39 is 18.5 Å². The van der Waals surface area contributed by atoms with E-state index in [-0.39, 0.29) is 0 Å². The van der Waals surface area contributed by atoms with Gasteiger partial charge in [-0.25, -0.2) is 0 Å². The smallest absolute Gasteiger partial charge is 0.187 e. The van der Waals surface area contributed by atoms with Crippen LogP contribution in [0.2, 0.25) is 0 Å².